The molecule has 1 unspecified atom stereocenters. The van der Waals surface area contributed by atoms with Crippen molar-refractivity contribution in [3.8, 4) is 0 Å². The molecule has 4 rings (SSSR count). The summed E-state index contributed by atoms with van der Waals surface area (Å²) < 4.78 is 24.8. The number of anilines is 1. The van der Waals surface area contributed by atoms with Gasteiger partial charge in [-0.2, -0.15) is 0 Å². The molecule has 2 fully saturated rings. The Morgan fingerprint density at radius 2 is 2.04 bits per heavy atom. The van der Waals surface area contributed by atoms with Gasteiger partial charge in [0.15, 0.2) is 5.65 Å². The number of halogens is 1. The molecule has 1 spiro atoms. The summed E-state index contributed by atoms with van der Waals surface area (Å²) in [5.41, 5.74) is 0.892. The Morgan fingerprint density at radius 1 is 1.32 bits per heavy atom. The summed E-state index contributed by atoms with van der Waals surface area (Å²) in [6.45, 7) is 10.6. The van der Waals surface area contributed by atoms with Crippen LogP contribution in [0.1, 0.15) is 40.5 Å². The average molecular weight is 470 g/mol. The molecule has 2 aliphatic rings. The summed E-state index contributed by atoms with van der Waals surface area (Å²) in [6.07, 6.45) is 7.58. The predicted molar refractivity (Wildman–Crippen MR) is 115 cm³/mol. The van der Waals surface area contributed by atoms with Gasteiger partial charge in [0.05, 0.1) is 39.0 Å². The van der Waals surface area contributed by atoms with Crippen molar-refractivity contribution in [3.63, 3.8) is 0 Å². The van der Waals surface area contributed by atoms with Gasteiger partial charge >= 0.3 is 0 Å². The maximum atomic E-state index is 12.7. The van der Waals surface area contributed by atoms with Crippen molar-refractivity contribution in [3.05, 3.63) is 23.1 Å². The molecule has 0 bridgehead atoms. The smallest absolute Gasteiger partial charge is 0.211 e. The van der Waals surface area contributed by atoms with Gasteiger partial charge in [-0.1, -0.05) is 0 Å². The second kappa shape index (κ2) is 7.34. The molecule has 2 aromatic rings. The average Bonchev–Trinajstić information content (AvgIpc) is 3.24. The number of nitrogens with one attached hydrogen (secondary N) is 1. The number of hydrogen-bond acceptors (Lipinski definition) is 5. The molecule has 28 heavy (non-hydrogen) atoms. The van der Waals surface area contributed by atoms with Crippen molar-refractivity contribution in [2.45, 2.75) is 57.4 Å². The Labute approximate surface area is 177 Å². The first-order valence-corrected chi connectivity index (χ1v) is 11.7. The van der Waals surface area contributed by atoms with Gasteiger partial charge in [-0.15, -0.1) is 0 Å². The van der Waals surface area contributed by atoms with E-state index >= 15 is 0 Å². The second-order valence-corrected chi connectivity index (χ2v) is 11.7. The lowest BCUT2D eigenvalue weighted by Crippen LogP contribution is -2.55. The number of ether oxygens (including phenoxy) is 1. The third-order valence-corrected chi connectivity index (χ3v) is 8.10. The maximum Gasteiger partial charge on any atom is 0.211 e. The first-order chi connectivity index (χ1) is 13.2. The highest BCUT2D eigenvalue weighted by molar-refractivity contribution is 9.10. The third-order valence-electron chi connectivity index (χ3n) is 5.96. The molecule has 154 valence electrons. The van der Waals surface area contributed by atoms with Gasteiger partial charge in [-0.05, 0) is 56.5 Å². The third kappa shape index (κ3) is 3.51. The van der Waals surface area contributed by atoms with E-state index in [-0.39, 0.29) is 22.3 Å². The summed E-state index contributed by atoms with van der Waals surface area (Å²) in [4.78, 5) is 11.4. The minimum absolute atomic E-state index is 0.0141. The normalized spacial score (nSPS) is 26.2. The summed E-state index contributed by atoms with van der Waals surface area (Å²) in [5.74, 6) is 0.917. The summed E-state index contributed by atoms with van der Waals surface area (Å²) in [7, 11) is -1.11. The molecule has 9 heteroatoms. The number of fused-ring (bicyclic) bond motifs is 1. The molecule has 0 radical (unpaired) electrons. The molecule has 0 aromatic carbocycles. The fourth-order valence-electron chi connectivity index (χ4n) is 4.21. The van der Waals surface area contributed by atoms with Gasteiger partial charge in [0.25, 0.3) is 0 Å². The minimum Gasteiger partial charge on any atom is -0.376 e. The lowest BCUT2D eigenvalue weighted by atomic mass is 9.73. The SMILES string of the molecule is C[C@@H]1OCC2(CCN(c3ncc(Br)c4nccn34)CC2)[C@@H]1NS(=O)C(C)(C)C. The molecule has 1 N–H and O–H groups in total. The van der Waals surface area contributed by atoms with Crippen LogP contribution in [-0.4, -0.2) is 55.2 Å². The fraction of sp³-hybridized carbons (Fsp3) is 0.684. The van der Waals surface area contributed by atoms with Crippen LogP contribution in [0.4, 0.5) is 5.95 Å². The van der Waals surface area contributed by atoms with Gasteiger partial charge in [0.1, 0.15) is 0 Å². The van der Waals surface area contributed by atoms with E-state index in [1.807, 2.05) is 37.6 Å². The lowest BCUT2D eigenvalue weighted by Gasteiger charge is -2.43. The van der Waals surface area contributed by atoms with Crippen LogP contribution in [0, 0.1) is 5.41 Å². The standard InChI is InChI=1S/C19H28BrN5O2S/c1-13-15(23-28(26)18(2,3)4)19(12-27-13)5-8-24(9-6-19)17-22-11-14(20)16-21-7-10-25(16)17/h7,10-11,13,15,23H,5-6,8-9,12H2,1-4H3/t13-,15+,28?/m0/s1. The Morgan fingerprint density at radius 3 is 2.71 bits per heavy atom. The van der Waals surface area contributed by atoms with Crippen molar-refractivity contribution < 1.29 is 8.95 Å². The second-order valence-electron chi connectivity index (χ2n) is 8.87. The lowest BCUT2D eigenvalue weighted by molar-refractivity contribution is 0.0972. The molecule has 7 nitrogen and oxygen atoms in total. The van der Waals surface area contributed by atoms with Gasteiger partial charge in [0, 0.05) is 37.1 Å². The number of rotatable bonds is 3. The molecule has 2 aromatic heterocycles. The molecule has 2 saturated heterocycles. The highest BCUT2D eigenvalue weighted by Gasteiger charge is 2.50. The zero-order chi connectivity index (χ0) is 20.1. The van der Waals surface area contributed by atoms with Crippen molar-refractivity contribution in [1.29, 1.82) is 0 Å². The summed E-state index contributed by atoms with van der Waals surface area (Å²) >= 11 is 3.52. The maximum absolute atomic E-state index is 12.7. The van der Waals surface area contributed by atoms with Crippen LogP contribution >= 0.6 is 15.9 Å². The van der Waals surface area contributed by atoms with Crippen LogP contribution in [0.5, 0.6) is 0 Å². The van der Waals surface area contributed by atoms with E-state index < -0.39 is 11.0 Å². The highest BCUT2D eigenvalue weighted by Crippen LogP contribution is 2.43. The zero-order valence-corrected chi connectivity index (χ0v) is 19.2. The Hall–Kier alpha value is -1.03. The Balaban J connectivity index is 1.53. The van der Waals surface area contributed by atoms with Gasteiger partial charge in [-0.25, -0.2) is 18.9 Å². The molecular weight excluding hydrogens is 442 g/mol. The Kier molecular flexibility index (Phi) is 5.31. The zero-order valence-electron chi connectivity index (χ0n) is 16.8. The van der Waals surface area contributed by atoms with Crippen LogP contribution in [0.25, 0.3) is 5.65 Å². The first-order valence-electron chi connectivity index (χ1n) is 9.73. The van der Waals surface area contributed by atoms with E-state index in [0.29, 0.717) is 0 Å². The van der Waals surface area contributed by atoms with Crippen molar-refractivity contribution in [2.75, 3.05) is 24.6 Å². The number of imidazole rings is 1. The highest BCUT2D eigenvalue weighted by atomic mass is 79.9. The minimum atomic E-state index is -1.11. The summed E-state index contributed by atoms with van der Waals surface area (Å²) in [6, 6.07) is 0.0980. The molecule has 2 aliphatic heterocycles. The fourth-order valence-corrected chi connectivity index (χ4v) is 5.63. The first kappa shape index (κ1) is 20.3. The van der Waals surface area contributed by atoms with Crippen LogP contribution < -0.4 is 9.62 Å². The Bertz CT molecular complexity index is 888. The van der Waals surface area contributed by atoms with Crippen LogP contribution in [0.15, 0.2) is 23.1 Å². The van der Waals surface area contributed by atoms with Gasteiger partial charge in [-0.3, -0.25) is 4.40 Å². The van der Waals surface area contributed by atoms with Crippen molar-refractivity contribution in [1.82, 2.24) is 19.1 Å². The van der Waals surface area contributed by atoms with Crippen LogP contribution in [0.2, 0.25) is 0 Å². The van der Waals surface area contributed by atoms with Gasteiger partial charge in [0.2, 0.25) is 5.95 Å². The number of piperidine rings is 1. The predicted octanol–water partition coefficient (Wildman–Crippen LogP) is 2.92. The molecule has 0 aliphatic carbocycles. The van der Waals surface area contributed by atoms with Crippen LogP contribution in [-0.2, 0) is 15.7 Å². The van der Waals surface area contributed by atoms with E-state index in [1.54, 1.807) is 6.20 Å². The van der Waals surface area contributed by atoms with E-state index in [9.17, 15) is 4.21 Å². The van der Waals surface area contributed by atoms with E-state index in [0.717, 1.165) is 48.6 Å². The van der Waals surface area contributed by atoms with E-state index in [4.69, 9.17) is 4.74 Å². The molecular formula is C19H28BrN5O2S. The molecule has 4 heterocycles. The van der Waals surface area contributed by atoms with Crippen molar-refractivity contribution in [2.24, 2.45) is 5.41 Å². The monoisotopic (exact) mass is 469 g/mol. The van der Waals surface area contributed by atoms with E-state index in [2.05, 4.69) is 42.4 Å². The molecule has 0 amide bonds. The number of aromatic nitrogens is 3. The van der Waals surface area contributed by atoms with E-state index in [1.165, 1.54) is 0 Å². The molecule has 3 atom stereocenters. The van der Waals surface area contributed by atoms with Crippen LogP contribution in [0.3, 0.4) is 0 Å². The van der Waals surface area contributed by atoms with Crippen molar-refractivity contribution >= 4 is 38.5 Å². The quantitative estimate of drug-likeness (QED) is 0.747. The van der Waals surface area contributed by atoms with Gasteiger partial charge < -0.3 is 9.64 Å². The summed E-state index contributed by atoms with van der Waals surface area (Å²) in [5, 5.41) is 0. The molecule has 0 saturated carbocycles. The number of nitrogens with zero attached hydrogens (tertiary/aromatic N) is 4. The largest absolute Gasteiger partial charge is 0.376 e. The number of hydrogen-bond donors (Lipinski definition) is 1. The topological polar surface area (TPSA) is 71.8 Å².